The summed E-state index contributed by atoms with van der Waals surface area (Å²) in [4.78, 5) is 18.8. The van der Waals surface area contributed by atoms with Crippen LogP contribution in [-0.4, -0.2) is 45.5 Å². The first-order valence-electron chi connectivity index (χ1n) is 8.60. The number of amides is 1. The lowest BCUT2D eigenvalue weighted by Crippen LogP contribution is -2.62. The molecular formula is C18H24N2O2S. The van der Waals surface area contributed by atoms with Crippen molar-refractivity contribution < 1.29 is 9.53 Å². The van der Waals surface area contributed by atoms with E-state index in [9.17, 15) is 4.79 Å². The van der Waals surface area contributed by atoms with Gasteiger partial charge in [0.25, 0.3) is 0 Å². The fourth-order valence-electron chi connectivity index (χ4n) is 3.73. The molecule has 1 spiro atoms. The molecule has 124 valence electrons. The molecule has 0 bridgehead atoms. The zero-order chi connectivity index (χ0) is 15.9. The molecule has 4 rings (SSSR count). The van der Waals surface area contributed by atoms with Gasteiger partial charge in [-0.2, -0.15) is 0 Å². The van der Waals surface area contributed by atoms with Gasteiger partial charge in [0, 0.05) is 30.5 Å². The molecule has 1 aromatic heterocycles. The average Bonchev–Trinajstić information content (AvgIpc) is 2.86. The van der Waals surface area contributed by atoms with Gasteiger partial charge in [-0.15, -0.1) is 11.8 Å². The van der Waals surface area contributed by atoms with Crippen molar-refractivity contribution in [2.24, 2.45) is 5.92 Å². The molecule has 1 atom stereocenters. The van der Waals surface area contributed by atoms with Crippen molar-refractivity contribution in [3.8, 4) is 0 Å². The predicted molar refractivity (Wildman–Crippen MR) is 91.3 cm³/mol. The standard InChI is InChI=1S/C18H24N2O2S/c1-13-4-2-7-15(19-13)9-22-16-8-18(23-10-16)11-20(12-18)17(21)14-5-3-6-14/h2,4,7,14,16H,3,5-6,8-12H2,1H3/t16-/m1/s1. The topological polar surface area (TPSA) is 42.4 Å². The van der Waals surface area contributed by atoms with Gasteiger partial charge in [-0.25, -0.2) is 0 Å². The number of carbonyl (C=O) groups excluding carboxylic acids is 1. The highest BCUT2D eigenvalue weighted by atomic mass is 32.2. The van der Waals surface area contributed by atoms with Gasteiger partial charge >= 0.3 is 0 Å². The summed E-state index contributed by atoms with van der Waals surface area (Å²) >= 11 is 2.00. The Morgan fingerprint density at radius 3 is 2.96 bits per heavy atom. The monoisotopic (exact) mass is 332 g/mol. The molecule has 3 aliphatic rings. The number of thioether (sulfide) groups is 1. The van der Waals surface area contributed by atoms with Crippen LogP contribution in [0.1, 0.15) is 37.1 Å². The molecule has 3 fully saturated rings. The maximum absolute atomic E-state index is 12.2. The van der Waals surface area contributed by atoms with E-state index < -0.39 is 0 Å². The van der Waals surface area contributed by atoms with Crippen molar-refractivity contribution in [3.63, 3.8) is 0 Å². The van der Waals surface area contributed by atoms with E-state index in [2.05, 4.69) is 9.88 Å². The van der Waals surface area contributed by atoms with Crippen LogP contribution in [0.2, 0.25) is 0 Å². The van der Waals surface area contributed by atoms with E-state index in [-0.39, 0.29) is 4.75 Å². The van der Waals surface area contributed by atoms with Crippen LogP contribution in [0.3, 0.4) is 0 Å². The summed E-state index contributed by atoms with van der Waals surface area (Å²) in [6.07, 6.45) is 4.80. The van der Waals surface area contributed by atoms with E-state index in [0.29, 0.717) is 24.5 Å². The maximum Gasteiger partial charge on any atom is 0.225 e. The van der Waals surface area contributed by atoms with Gasteiger partial charge in [-0.3, -0.25) is 9.78 Å². The Morgan fingerprint density at radius 1 is 1.43 bits per heavy atom. The van der Waals surface area contributed by atoms with Crippen LogP contribution in [0.15, 0.2) is 18.2 Å². The zero-order valence-electron chi connectivity index (χ0n) is 13.7. The number of aryl methyl sites for hydroxylation is 1. The van der Waals surface area contributed by atoms with E-state index in [1.54, 1.807) is 0 Å². The first kappa shape index (κ1) is 15.5. The number of pyridine rings is 1. The first-order chi connectivity index (χ1) is 11.1. The summed E-state index contributed by atoms with van der Waals surface area (Å²) in [5, 5.41) is 0. The Morgan fingerprint density at radius 2 is 2.26 bits per heavy atom. The van der Waals surface area contributed by atoms with Crippen molar-refractivity contribution in [2.75, 3.05) is 18.8 Å². The molecule has 1 aliphatic carbocycles. The molecule has 2 saturated heterocycles. The average molecular weight is 332 g/mol. The summed E-state index contributed by atoms with van der Waals surface area (Å²) in [6, 6.07) is 6.06. The Kier molecular flexibility index (Phi) is 4.10. The van der Waals surface area contributed by atoms with Gasteiger partial charge in [-0.05, 0) is 38.3 Å². The third-order valence-corrected chi connectivity index (χ3v) is 6.89. The molecule has 23 heavy (non-hydrogen) atoms. The van der Waals surface area contributed by atoms with Crippen molar-refractivity contribution in [3.05, 3.63) is 29.6 Å². The number of rotatable bonds is 4. The van der Waals surface area contributed by atoms with Crippen LogP contribution in [0, 0.1) is 12.8 Å². The lowest BCUT2D eigenvalue weighted by atomic mass is 9.82. The zero-order valence-corrected chi connectivity index (χ0v) is 14.5. The van der Waals surface area contributed by atoms with Crippen molar-refractivity contribution in [1.29, 1.82) is 0 Å². The SMILES string of the molecule is Cc1cccc(CO[C@H]2CSC3(C2)CN(C(=O)C2CCC2)C3)n1. The minimum Gasteiger partial charge on any atom is -0.371 e. The second-order valence-corrected chi connectivity index (χ2v) is 8.71. The summed E-state index contributed by atoms with van der Waals surface area (Å²) in [7, 11) is 0. The smallest absolute Gasteiger partial charge is 0.225 e. The van der Waals surface area contributed by atoms with Crippen LogP contribution in [0.5, 0.6) is 0 Å². The van der Waals surface area contributed by atoms with Crippen molar-refractivity contribution in [1.82, 2.24) is 9.88 Å². The van der Waals surface area contributed by atoms with Gasteiger partial charge in [0.1, 0.15) is 0 Å². The maximum atomic E-state index is 12.2. The fraction of sp³-hybridized carbons (Fsp3) is 0.667. The van der Waals surface area contributed by atoms with Crippen molar-refractivity contribution >= 4 is 17.7 Å². The molecule has 0 unspecified atom stereocenters. The lowest BCUT2D eigenvalue weighted by Gasteiger charge is -2.49. The number of ether oxygens (including phenoxy) is 1. The Labute approximate surface area is 142 Å². The van der Waals surface area contributed by atoms with Crippen LogP contribution < -0.4 is 0 Å². The molecule has 1 amide bonds. The van der Waals surface area contributed by atoms with Gasteiger partial charge in [0.15, 0.2) is 0 Å². The van der Waals surface area contributed by atoms with Crippen LogP contribution in [0.25, 0.3) is 0 Å². The number of aromatic nitrogens is 1. The minimum atomic E-state index is 0.268. The Balaban J connectivity index is 1.25. The minimum absolute atomic E-state index is 0.268. The Hall–Kier alpha value is -1.07. The van der Waals surface area contributed by atoms with Crippen molar-refractivity contribution in [2.45, 2.75) is 50.1 Å². The second kappa shape index (κ2) is 6.10. The van der Waals surface area contributed by atoms with Gasteiger partial charge in [0.2, 0.25) is 5.91 Å². The fourth-order valence-corrected chi connectivity index (χ4v) is 5.28. The van der Waals surface area contributed by atoms with E-state index >= 15 is 0 Å². The van der Waals surface area contributed by atoms with Gasteiger partial charge in [-0.1, -0.05) is 12.5 Å². The van der Waals surface area contributed by atoms with E-state index in [1.165, 1.54) is 6.42 Å². The highest BCUT2D eigenvalue weighted by Crippen LogP contribution is 2.47. The molecule has 0 aromatic carbocycles. The number of hydrogen-bond acceptors (Lipinski definition) is 4. The second-order valence-electron chi connectivity index (χ2n) is 7.22. The Bertz CT molecular complexity index is 596. The van der Waals surface area contributed by atoms with Crippen LogP contribution in [-0.2, 0) is 16.1 Å². The lowest BCUT2D eigenvalue weighted by molar-refractivity contribution is -0.144. The highest BCUT2D eigenvalue weighted by molar-refractivity contribution is 8.01. The molecule has 3 heterocycles. The number of carbonyl (C=O) groups is 1. The van der Waals surface area contributed by atoms with Crippen LogP contribution in [0.4, 0.5) is 0 Å². The highest BCUT2D eigenvalue weighted by Gasteiger charge is 2.51. The molecule has 2 aliphatic heterocycles. The van der Waals surface area contributed by atoms with Gasteiger partial charge < -0.3 is 9.64 Å². The van der Waals surface area contributed by atoms with E-state index in [4.69, 9.17) is 4.74 Å². The number of nitrogens with zero attached hydrogens (tertiary/aromatic N) is 2. The summed E-state index contributed by atoms with van der Waals surface area (Å²) in [5.41, 5.74) is 2.04. The summed E-state index contributed by atoms with van der Waals surface area (Å²) in [5.74, 6) is 1.77. The molecule has 0 radical (unpaired) electrons. The third-order valence-electron chi connectivity index (χ3n) is 5.31. The first-order valence-corrected chi connectivity index (χ1v) is 9.59. The normalized spacial score (nSPS) is 26.1. The van der Waals surface area contributed by atoms with Crippen LogP contribution >= 0.6 is 11.8 Å². The van der Waals surface area contributed by atoms with E-state index in [1.807, 2.05) is 36.9 Å². The molecule has 1 aromatic rings. The van der Waals surface area contributed by atoms with E-state index in [0.717, 1.165) is 49.5 Å². The molecule has 4 nitrogen and oxygen atoms in total. The quantitative estimate of drug-likeness (QED) is 0.850. The molecule has 1 saturated carbocycles. The summed E-state index contributed by atoms with van der Waals surface area (Å²) in [6.45, 7) is 4.45. The third kappa shape index (κ3) is 3.13. The molecule has 5 heteroatoms. The predicted octanol–water partition coefficient (Wildman–Crippen LogP) is 2.79. The van der Waals surface area contributed by atoms with Gasteiger partial charge in [0.05, 0.1) is 23.2 Å². The number of hydrogen-bond donors (Lipinski definition) is 0. The number of likely N-dealkylation sites (tertiary alicyclic amines) is 1. The molecular weight excluding hydrogens is 308 g/mol. The largest absolute Gasteiger partial charge is 0.371 e. The molecule has 0 N–H and O–H groups in total. The summed E-state index contributed by atoms with van der Waals surface area (Å²) < 4.78 is 6.33.